The Morgan fingerprint density at radius 1 is 1.03 bits per heavy atom. The van der Waals surface area contributed by atoms with Crippen molar-refractivity contribution >= 4 is 17.7 Å². The van der Waals surface area contributed by atoms with Crippen molar-refractivity contribution in [2.24, 2.45) is 0 Å². The van der Waals surface area contributed by atoms with Crippen LogP contribution in [0, 0.1) is 0 Å². The first kappa shape index (κ1) is 24.8. The van der Waals surface area contributed by atoms with Crippen molar-refractivity contribution in [3.63, 3.8) is 0 Å². The van der Waals surface area contributed by atoms with E-state index >= 15 is 0 Å². The Morgan fingerprint density at radius 3 is 2.49 bits per heavy atom. The van der Waals surface area contributed by atoms with Crippen molar-refractivity contribution in [3.8, 4) is 17.0 Å². The average molecular weight is 515 g/mol. The smallest absolute Gasteiger partial charge is 0.416 e. The predicted molar refractivity (Wildman–Crippen MR) is 128 cm³/mol. The molecule has 0 spiro atoms. The summed E-state index contributed by atoms with van der Waals surface area (Å²) < 4.78 is 55.7. The summed E-state index contributed by atoms with van der Waals surface area (Å²) in [6, 6.07) is 12.4. The molecule has 0 aliphatic carbocycles. The number of halogens is 3. The van der Waals surface area contributed by atoms with E-state index in [-0.39, 0.29) is 24.4 Å². The van der Waals surface area contributed by atoms with Crippen LogP contribution in [-0.4, -0.2) is 60.6 Å². The second-order valence-electron chi connectivity index (χ2n) is 8.62. The first-order valence-electron chi connectivity index (χ1n) is 11.5. The Hall–Kier alpha value is -3.90. The number of carbonyl (C=O) groups excluding carboxylic acids is 1. The number of benzene rings is 2. The molecule has 0 saturated carbocycles. The lowest BCUT2D eigenvalue weighted by molar-refractivity contribution is -0.137. The van der Waals surface area contributed by atoms with E-state index in [1.165, 1.54) is 12.1 Å². The van der Waals surface area contributed by atoms with Crippen LogP contribution in [0.2, 0.25) is 0 Å². The third-order valence-corrected chi connectivity index (χ3v) is 6.17. The lowest BCUT2D eigenvalue weighted by Gasteiger charge is -2.19. The molecule has 2 aliphatic rings. The van der Waals surface area contributed by atoms with Crippen molar-refractivity contribution < 1.29 is 32.2 Å². The number of rotatable bonds is 6. The average Bonchev–Trinajstić information content (AvgIpc) is 3.47. The van der Waals surface area contributed by atoms with Crippen LogP contribution in [0.4, 0.5) is 29.6 Å². The van der Waals surface area contributed by atoms with Crippen molar-refractivity contribution in [2.75, 3.05) is 31.0 Å². The van der Waals surface area contributed by atoms with E-state index < -0.39 is 29.9 Å². The van der Waals surface area contributed by atoms with Crippen LogP contribution >= 0.6 is 0 Å². The van der Waals surface area contributed by atoms with Crippen LogP contribution in [0.3, 0.4) is 0 Å². The number of ether oxygens (including phenoxy) is 3. The predicted octanol–water partition coefficient (Wildman–Crippen LogP) is 3.94. The second kappa shape index (κ2) is 10.2. The largest absolute Gasteiger partial charge is 0.497 e. The quantitative estimate of drug-likeness (QED) is 0.457. The van der Waals surface area contributed by atoms with Crippen molar-refractivity contribution in [2.45, 2.75) is 30.5 Å². The second-order valence-corrected chi connectivity index (χ2v) is 8.62. The molecule has 4 unspecified atom stereocenters. The van der Waals surface area contributed by atoms with Gasteiger partial charge in [0.05, 0.1) is 43.7 Å². The molecule has 2 aromatic carbocycles. The molecular weight excluding hydrogens is 491 g/mol. The maximum Gasteiger partial charge on any atom is 0.416 e. The summed E-state index contributed by atoms with van der Waals surface area (Å²) in [4.78, 5) is 21.3. The number of nitrogens with zero attached hydrogens (tertiary/aromatic N) is 2. The molecule has 0 bridgehead atoms. The number of anilines is 2. The van der Waals surface area contributed by atoms with Crippen LogP contribution < -0.4 is 20.7 Å². The van der Waals surface area contributed by atoms with Gasteiger partial charge < -0.3 is 30.2 Å². The van der Waals surface area contributed by atoms with Gasteiger partial charge in [0, 0.05) is 17.4 Å². The Bertz CT molecular complexity index is 1260. The maximum absolute atomic E-state index is 12.9. The molecule has 12 heteroatoms. The number of hydrogen-bond acceptors (Lipinski definition) is 7. The number of aromatic nitrogens is 2. The number of nitrogens with one attached hydrogen (secondary N) is 3. The van der Waals surface area contributed by atoms with E-state index in [1.54, 1.807) is 19.4 Å². The molecule has 3 aromatic rings. The fraction of sp³-hybridized carbons (Fsp3) is 0.320. The van der Waals surface area contributed by atoms with Crippen LogP contribution in [0.1, 0.15) is 5.56 Å². The third-order valence-electron chi connectivity index (χ3n) is 6.17. The number of amides is 2. The maximum atomic E-state index is 12.9. The fourth-order valence-electron chi connectivity index (χ4n) is 4.37. The van der Waals surface area contributed by atoms with E-state index in [1.807, 2.05) is 24.3 Å². The van der Waals surface area contributed by atoms with E-state index in [9.17, 15) is 18.0 Å². The molecule has 2 fully saturated rings. The molecule has 0 radical (unpaired) electrons. The highest BCUT2D eigenvalue weighted by molar-refractivity contribution is 5.89. The minimum Gasteiger partial charge on any atom is -0.497 e. The lowest BCUT2D eigenvalue weighted by atomic mass is 10.1. The lowest BCUT2D eigenvalue weighted by Crippen LogP contribution is -2.46. The van der Waals surface area contributed by atoms with E-state index in [0.29, 0.717) is 12.6 Å². The van der Waals surface area contributed by atoms with Gasteiger partial charge in [0.15, 0.2) is 0 Å². The monoisotopic (exact) mass is 515 g/mol. The molecule has 3 heterocycles. The summed E-state index contributed by atoms with van der Waals surface area (Å²) >= 11 is 0. The number of alkyl halides is 3. The minimum absolute atomic E-state index is 0.0311. The summed E-state index contributed by atoms with van der Waals surface area (Å²) in [6.07, 6.45) is -3.65. The first-order valence-corrected chi connectivity index (χ1v) is 11.5. The molecule has 2 saturated heterocycles. The number of methoxy groups -OCH3 is 1. The topological polar surface area (TPSA) is 107 Å². The molecule has 37 heavy (non-hydrogen) atoms. The highest BCUT2D eigenvalue weighted by atomic mass is 19.4. The molecule has 9 nitrogen and oxygen atoms in total. The molecule has 2 amide bonds. The highest BCUT2D eigenvalue weighted by Crippen LogP contribution is 2.31. The van der Waals surface area contributed by atoms with Gasteiger partial charge in [-0.05, 0) is 48.5 Å². The fourth-order valence-corrected chi connectivity index (χ4v) is 4.37. The van der Waals surface area contributed by atoms with Gasteiger partial charge in [-0.25, -0.2) is 14.8 Å². The Kier molecular flexibility index (Phi) is 6.85. The molecule has 194 valence electrons. The van der Waals surface area contributed by atoms with Crippen LogP contribution in [-0.2, 0) is 15.7 Å². The van der Waals surface area contributed by atoms with Crippen molar-refractivity contribution in [3.05, 3.63) is 66.4 Å². The number of carbonyl (C=O) groups is 1. The van der Waals surface area contributed by atoms with E-state index in [0.717, 1.165) is 29.1 Å². The first-order chi connectivity index (χ1) is 17.8. The van der Waals surface area contributed by atoms with Crippen LogP contribution in [0.5, 0.6) is 5.75 Å². The molecule has 4 atom stereocenters. The van der Waals surface area contributed by atoms with Crippen molar-refractivity contribution in [1.29, 1.82) is 0 Å². The summed E-state index contributed by atoms with van der Waals surface area (Å²) in [5.74, 6) is 1.15. The molecule has 1 aromatic heterocycles. The summed E-state index contributed by atoms with van der Waals surface area (Å²) in [6.45, 7) is 0.495. The van der Waals surface area contributed by atoms with E-state index in [4.69, 9.17) is 14.2 Å². The number of urea groups is 1. The Morgan fingerprint density at radius 2 is 1.76 bits per heavy atom. The van der Waals surface area contributed by atoms with Gasteiger partial charge in [0.1, 0.15) is 18.0 Å². The zero-order valence-corrected chi connectivity index (χ0v) is 19.7. The molecule has 5 rings (SSSR count). The van der Waals surface area contributed by atoms with Crippen LogP contribution in [0.15, 0.2) is 60.8 Å². The molecular formula is C25H24F3N5O4. The zero-order chi connectivity index (χ0) is 26.0. The normalized spacial score (nSPS) is 22.8. The van der Waals surface area contributed by atoms with E-state index in [2.05, 4.69) is 25.9 Å². The summed E-state index contributed by atoms with van der Waals surface area (Å²) in [5, 5.41) is 8.41. The van der Waals surface area contributed by atoms with Gasteiger partial charge >= 0.3 is 12.2 Å². The highest BCUT2D eigenvalue weighted by Gasteiger charge is 2.48. The third kappa shape index (κ3) is 5.59. The Balaban J connectivity index is 1.18. The van der Waals surface area contributed by atoms with Crippen molar-refractivity contribution in [1.82, 2.24) is 15.3 Å². The minimum atomic E-state index is -4.50. The number of fused-ring (bicyclic) bond motifs is 1. The number of hydrogen-bond donors (Lipinski definition) is 3. The van der Waals surface area contributed by atoms with Crippen LogP contribution in [0.25, 0.3) is 11.3 Å². The molecule has 3 N–H and O–H groups in total. The SMILES string of the molecule is COc1ccc(-c2ccnc(NC3COC4C(NC(=O)Nc5cccc(C(F)(F)F)c5)COC34)n2)cc1. The van der Waals surface area contributed by atoms with Gasteiger partial charge in [0.25, 0.3) is 0 Å². The standard InChI is InChI=1S/C25H24F3N5O4/c1-35-17-7-5-14(6-8-17)18-9-10-29-23(31-18)32-19-12-36-22-20(13-37-21(19)22)33-24(34)30-16-4-2-3-15(11-16)25(26,27)28/h2-11,19-22H,12-13H2,1H3,(H,29,31,32)(H2,30,33,34). The van der Waals surface area contributed by atoms with Gasteiger partial charge in [-0.1, -0.05) is 6.07 Å². The zero-order valence-electron chi connectivity index (χ0n) is 19.7. The van der Waals surface area contributed by atoms with Gasteiger partial charge in [0.2, 0.25) is 5.95 Å². The van der Waals surface area contributed by atoms with Gasteiger partial charge in [-0.3, -0.25) is 0 Å². The van der Waals surface area contributed by atoms with Gasteiger partial charge in [-0.15, -0.1) is 0 Å². The van der Waals surface area contributed by atoms with Gasteiger partial charge in [-0.2, -0.15) is 13.2 Å². The Labute approximate surface area is 210 Å². The molecule has 2 aliphatic heterocycles. The summed E-state index contributed by atoms with van der Waals surface area (Å²) in [5.41, 5.74) is 0.818. The summed E-state index contributed by atoms with van der Waals surface area (Å²) in [7, 11) is 1.60.